The van der Waals surface area contributed by atoms with Crippen LogP contribution in [0.2, 0.25) is 5.02 Å². The Morgan fingerprint density at radius 1 is 1.31 bits per heavy atom. The molecule has 0 radical (unpaired) electrons. The lowest BCUT2D eigenvalue weighted by Gasteiger charge is -2.18. The smallest absolute Gasteiger partial charge is 0.266 e. The second kappa shape index (κ2) is 10.1. The van der Waals surface area contributed by atoms with Gasteiger partial charge in [-0.05, 0) is 48.6 Å². The lowest BCUT2D eigenvalue weighted by atomic mass is 10.0. The van der Waals surface area contributed by atoms with E-state index in [-0.39, 0.29) is 29.2 Å². The summed E-state index contributed by atoms with van der Waals surface area (Å²) in [6.07, 6.45) is 2.08. The second-order valence-electron chi connectivity index (χ2n) is 8.14. The largest absolute Gasteiger partial charge is 0.376 e. The van der Waals surface area contributed by atoms with Crippen LogP contribution >= 0.6 is 23.4 Å². The molecule has 6 nitrogen and oxygen atoms in total. The molecule has 0 spiro atoms. The van der Waals surface area contributed by atoms with Gasteiger partial charge in [-0.1, -0.05) is 55.4 Å². The number of hydrogen-bond acceptors (Lipinski definition) is 5. The molecular weight excluding hydrogens is 446 g/mol. The van der Waals surface area contributed by atoms with E-state index in [9.17, 15) is 9.59 Å². The normalized spacial score (nSPS) is 16.1. The third-order valence-electron chi connectivity index (χ3n) is 5.48. The molecule has 1 aliphatic rings. The molecule has 8 heteroatoms. The summed E-state index contributed by atoms with van der Waals surface area (Å²) < 4.78 is 7.18. The highest BCUT2D eigenvalue weighted by molar-refractivity contribution is 7.99. The molecule has 0 bridgehead atoms. The number of fused-ring (bicyclic) bond motifs is 1. The summed E-state index contributed by atoms with van der Waals surface area (Å²) in [4.78, 5) is 30.7. The topological polar surface area (TPSA) is 73.2 Å². The van der Waals surface area contributed by atoms with Crippen LogP contribution in [0.15, 0.2) is 52.4 Å². The average Bonchev–Trinajstić information content (AvgIpc) is 3.30. The first kappa shape index (κ1) is 22.8. The van der Waals surface area contributed by atoms with Crippen LogP contribution in [-0.2, 0) is 9.53 Å². The molecule has 4 rings (SSSR count). The van der Waals surface area contributed by atoms with Crippen molar-refractivity contribution in [3.63, 3.8) is 0 Å². The summed E-state index contributed by atoms with van der Waals surface area (Å²) >= 11 is 7.39. The van der Waals surface area contributed by atoms with Gasteiger partial charge in [0.15, 0.2) is 5.16 Å². The minimum Gasteiger partial charge on any atom is -0.376 e. The molecule has 1 atom stereocenters. The van der Waals surface area contributed by atoms with E-state index in [1.54, 1.807) is 22.8 Å². The zero-order chi connectivity index (χ0) is 22.7. The van der Waals surface area contributed by atoms with Gasteiger partial charge in [0, 0.05) is 18.2 Å². The van der Waals surface area contributed by atoms with Gasteiger partial charge in [-0.2, -0.15) is 0 Å². The fourth-order valence-corrected chi connectivity index (χ4v) is 4.84. The highest BCUT2D eigenvalue weighted by Crippen LogP contribution is 2.27. The maximum absolute atomic E-state index is 13.5. The maximum Gasteiger partial charge on any atom is 0.266 e. The van der Waals surface area contributed by atoms with Gasteiger partial charge in [-0.15, -0.1) is 0 Å². The molecule has 1 fully saturated rings. The molecule has 1 N–H and O–H groups in total. The van der Waals surface area contributed by atoms with Crippen molar-refractivity contribution in [1.82, 2.24) is 14.9 Å². The molecule has 1 aromatic heterocycles. The first-order valence-corrected chi connectivity index (χ1v) is 12.1. The summed E-state index contributed by atoms with van der Waals surface area (Å²) in [7, 11) is 0. The Balaban J connectivity index is 1.69. The van der Waals surface area contributed by atoms with Gasteiger partial charge in [0.2, 0.25) is 5.91 Å². The lowest BCUT2D eigenvalue weighted by molar-refractivity contribution is -0.119. The van der Waals surface area contributed by atoms with Crippen LogP contribution in [0, 0.1) is 0 Å². The Morgan fingerprint density at radius 2 is 2.12 bits per heavy atom. The van der Waals surface area contributed by atoms with Gasteiger partial charge in [0.05, 0.1) is 28.4 Å². The number of rotatable bonds is 7. The summed E-state index contributed by atoms with van der Waals surface area (Å²) in [5.41, 5.74) is 2.15. The van der Waals surface area contributed by atoms with Gasteiger partial charge < -0.3 is 10.1 Å². The number of thioether (sulfide) groups is 1. The van der Waals surface area contributed by atoms with E-state index in [1.165, 1.54) is 11.8 Å². The van der Waals surface area contributed by atoms with Crippen LogP contribution in [0.5, 0.6) is 0 Å². The van der Waals surface area contributed by atoms with E-state index in [4.69, 9.17) is 21.3 Å². The number of halogens is 1. The summed E-state index contributed by atoms with van der Waals surface area (Å²) in [5.74, 6) is 0.246. The molecule has 32 heavy (non-hydrogen) atoms. The Labute approximate surface area is 196 Å². The fraction of sp³-hybridized carbons (Fsp3) is 0.375. The highest BCUT2D eigenvalue weighted by Gasteiger charge is 2.19. The first-order valence-electron chi connectivity index (χ1n) is 10.8. The van der Waals surface area contributed by atoms with Gasteiger partial charge in [0.25, 0.3) is 5.56 Å². The van der Waals surface area contributed by atoms with Crippen LogP contribution in [0.1, 0.15) is 38.2 Å². The van der Waals surface area contributed by atoms with Crippen LogP contribution in [0.3, 0.4) is 0 Å². The summed E-state index contributed by atoms with van der Waals surface area (Å²) in [6.45, 7) is 5.43. The number of benzene rings is 2. The molecule has 1 aliphatic heterocycles. The van der Waals surface area contributed by atoms with Gasteiger partial charge in [-0.3, -0.25) is 14.2 Å². The monoisotopic (exact) mass is 471 g/mol. The van der Waals surface area contributed by atoms with Crippen molar-refractivity contribution in [2.45, 2.75) is 43.9 Å². The fourth-order valence-electron chi connectivity index (χ4n) is 3.84. The molecule has 3 aromatic rings. The predicted octanol–water partition coefficient (Wildman–Crippen LogP) is 4.55. The number of ether oxygens (including phenoxy) is 1. The number of carbonyl (C=O) groups excluding carboxylic acids is 1. The Hall–Kier alpha value is -2.35. The highest BCUT2D eigenvalue weighted by atomic mass is 35.5. The number of nitrogens with zero attached hydrogens (tertiary/aromatic N) is 2. The number of para-hydroxylation sites is 1. The molecule has 0 saturated carbocycles. The number of amides is 1. The SMILES string of the molecule is CC(C)c1ccccc1-n1c(SCC(=O)NCC2CCCO2)nc2cc(Cl)ccc2c1=O. The van der Waals surface area contributed by atoms with Crippen LogP contribution in [0.25, 0.3) is 16.6 Å². The van der Waals surface area contributed by atoms with Crippen molar-refractivity contribution < 1.29 is 9.53 Å². The number of carbonyl (C=O) groups is 1. The molecule has 1 unspecified atom stereocenters. The van der Waals surface area contributed by atoms with E-state index >= 15 is 0 Å². The summed E-state index contributed by atoms with van der Waals surface area (Å²) in [5, 5.41) is 4.38. The van der Waals surface area contributed by atoms with E-state index in [1.807, 2.05) is 24.3 Å². The average molecular weight is 472 g/mol. The number of aromatic nitrogens is 2. The molecule has 2 heterocycles. The van der Waals surface area contributed by atoms with Crippen LogP contribution < -0.4 is 10.9 Å². The minimum absolute atomic E-state index is 0.0842. The van der Waals surface area contributed by atoms with Crippen molar-refractivity contribution >= 4 is 40.2 Å². The standard InChI is InChI=1S/C24H26ClN3O3S/c1-15(2)18-7-3-4-8-21(18)28-23(30)19-10-9-16(25)12-20(19)27-24(28)32-14-22(29)26-13-17-6-5-11-31-17/h3-4,7-10,12,15,17H,5-6,11,13-14H2,1-2H3,(H,26,29). The zero-order valence-electron chi connectivity index (χ0n) is 18.1. The number of nitrogens with one attached hydrogen (secondary N) is 1. The molecular formula is C24H26ClN3O3S. The second-order valence-corrected chi connectivity index (χ2v) is 9.52. The predicted molar refractivity (Wildman–Crippen MR) is 129 cm³/mol. The van der Waals surface area contributed by atoms with Crippen molar-refractivity contribution in [2.75, 3.05) is 18.9 Å². The zero-order valence-corrected chi connectivity index (χ0v) is 19.7. The van der Waals surface area contributed by atoms with Gasteiger partial charge in [0.1, 0.15) is 0 Å². The molecule has 0 aliphatic carbocycles. The van der Waals surface area contributed by atoms with Gasteiger partial charge >= 0.3 is 0 Å². The maximum atomic E-state index is 13.5. The summed E-state index contributed by atoms with van der Waals surface area (Å²) in [6, 6.07) is 12.9. The third-order valence-corrected chi connectivity index (χ3v) is 6.66. The van der Waals surface area contributed by atoms with Crippen LogP contribution in [0.4, 0.5) is 0 Å². The van der Waals surface area contributed by atoms with E-state index < -0.39 is 0 Å². The first-order chi connectivity index (χ1) is 15.4. The molecule has 1 amide bonds. The third kappa shape index (κ3) is 5.00. The quantitative estimate of drug-likeness (QED) is 0.404. The van der Waals surface area contributed by atoms with Gasteiger partial charge in [-0.25, -0.2) is 4.98 Å². The van der Waals surface area contributed by atoms with Crippen molar-refractivity contribution in [3.05, 3.63) is 63.4 Å². The molecule has 2 aromatic carbocycles. The lowest BCUT2D eigenvalue weighted by Crippen LogP contribution is -2.33. The number of hydrogen-bond donors (Lipinski definition) is 1. The Morgan fingerprint density at radius 3 is 2.88 bits per heavy atom. The van der Waals surface area contributed by atoms with Crippen molar-refractivity contribution in [3.8, 4) is 5.69 Å². The molecule has 1 saturated heterocycles. The molecule has 168 valence electrons. The van der Waals surface area contributed by atoms with E-state index in [0.717, 1.165) is 30.7 Å². The van der Waals surface area contributed by atoms with Crippen molar-refractivity contribution in [1.29, 1.82) is 0 Å². The van der Waals surface area contributed by atoms with Crippen LogP contribution in [-0.4, -0.2) is 40.5 Å². The Bertz CT molecular complexity index is 1190. The van der Waals surface area contributed by atoms with Crippen molar-refractivity contribution in [2.24, 2.45) is 0 Å². The minimum atomic E-state index is -0.179. The Kier molecular flexibility index (Phi) is 7.18. The van der Waals surface area contributed by atoms with E-state index in [2.05, 4.69) is 19.2 Å². The van der Waals surface area contributed by atoms with E-state index in [0.29, 0.717) is 27.6 Å².